The van der Waals surface area contributed by atoms with Gasteiger partial charge in [0.15, 0.2) is 5.82 Å². The van der Waals surface area contributed by atoms with E-state index >= 15 is 0 Å². The number of piperazine rings is 1. The van der Waals surface area contributed by atoms with Gasteiger partial charge in [0.05, 0.1) is 11.6 Å². The minimum absolute atomic E-state index is 0.308. The number of nitrogens with zero attached hydrogens (tertiary/aromatic N) is 6. The van der Waals surface area contributed by atoms with E-state index in [0.717, 1.165) is 82.0 Å². The van der Waals surface area contributed by atoms with Gasteiger partial charge in [0.2, 0.25) is 11.8 Å². The minimum atomic E-state index is -0.718. The Hall–Kier alpha value is -2.98. The topological polar surface area (TPSA) is 94.9 Å². The molecule has 5 rings (SSSR count). The van der Waals surface area contributed by atoms with Crippen molar-refractivity contribution in [3.63, 3.8) is 0 Å². The first-order chi connectivity index (χ1) is 19.7. The Kier molecular flexibility index (Phi) is 9.60. The maximum atomic E-state index is 11.3. The molecule has 0 bridgehead atoms. The van der Waals surface area contributed by atoms with Crippen molar-refractivity contribution in [3.05, 3.63) is 58.1 Å². The van der Waals surface area contributed by atoms with Gasteiger partial charge < -0.3 is 19.6 Å². The van der Waals surface area contributed by atoms with Crippen LogP contribution in [0.1, 0.15) is 31.7 Å². The number of halogens is 2. The molecule has 3 aromatic rings. The highest BCUT2D eigenvalue weighted by molar-refractivity contribution is 6.35. The van der Waals surface area contributed by atoms with Crippen LogP contribution in [0.5, 0.6) is 11.8 Å². The third-order valence-electron chi connectivity index (χ3n) is 7.90. The van der Waals surface area contributed by atoms with Crippen LogP contribution in [-0.4, -0.2) is 82.4 Å². The van der Waals surface area contributed by atoms with Crippen molar-refractivity contribution < 1.29 is 14.6 Å². The second-order valence-corrected chi connectivity index (χ2v) is 12.0. The molecule has 1 aromatic carbocycles. The van der Waals surface area contributed by atoms with Crippen LogP contribution in [0.3, 0.4) is 0 Å². The number of ether oxygens (including phenoxy) is 1. The van der Waals surface area contributed by atoms with Crippen LogP contribution in [0.15, 0.2) is 42.5 Å². The van der Waals surface area contributed by atoms with Crippen molar-refractivity contribution in [1.29, 1.82) is 0 Å². The van der Waals surface area contributed by atoms with Crippen molar-refractivity contribution >= 4 is 35.0 Å². The first-order valence-corrected chi connectivity index (χ1v) is 14.8. The number of hydrogen-bond donors (Lipinski definition) is 1. The fourth-order valence-electron chi connectivity index (χ4n) is 5.47. The predicted molar refractivity (Wildman–Crippen MR) is 161 cm³/mol. The van der Waals surface area contributed by atoms with E-state index in [1.54, 1.807) is 13.0 Å². The monoisotopic (exact) mass is 598 g/mol. The smallest absolute Gasteiger partial charge is 0.306 e. The van der Waals surface area contributed by atoms with Crippen LogP contribution in [-0.2, 0) is 11.3 Å². The zero-order valence-electron chi connectivity index (χ0n) is 23.5. The Bertz CT molecular complexity index is 1320. The molecule has 1 N–H and O–H groups in total. The fraction of sp³-hybridized carbons (Fsp3) is 0.467. The van der Waals surface area contributed by atoms with Crippen LogP contribution in [0.2, 0.25) is 10.0 Å². The number of carboxylic acid groups (broad SMARTS) is 1. The Labute approximate surface area is 251 Å². The molecule has 1 atom stereocenters. The van der Waals surface area contributed by atoms with Gasteiger partial charge in [0, 0.05) is 60.5 Å². The lowest BCUT2D eigenvalue weighted by Gasteiger charge is -2.32. The molecule has 41 heavy (non-hydrogen) atoms. The van der Waals surface area contributed by atoms with Gasteiger partial charge in [0.1, 0.15) is 0 Å². The number of hydrogen-bond acceptors (Lipinski definition) is 8. The van der Waals surface area contributed by atoms with Crippen molar-refractivity contribution in [1.82, 2.24) is 25.0 Å². The number of anilines is 1. The summed E-state index contributed by atoms with van der Waals surface area (Å²) in [7, 11) is 2.12. The number of rotatable bonds is 9. The highest BCUT2D eigenvalue weighted by Crippen LogP contribution is 2.31. The van der Waals surface area contributed by atoms with Crippen LogP contribution in [0.25, 0.3) is 11.3 Å². The van der Waals surface area contributed by atoms with Crippen molar-refractivity contribution in [2.24, 2.45) is 11.8 Å². The molecular formula is C30H36Cl2N6O3. The number of aliphatic carboxylic acids is 1. The lowest BCUT2D eigenvalue weighted by Crippen LogP contribution is -2.44. The number of benzene rings is 1. The number of likely N-dealkylation sites (N-methyl/N-ethyl adjacent to an activating group) is 1. The van der Waals surface area contributed by atoms with Crippen LogP contribution < -0.4 is 9.64 Å². The number of pyridine rings is 1. The fourth-order valence-corrected chi connectivity index (χ4v) is 6.00. The number of likely N-dealkylation sites (tertiary alicyclic amines) is 1. The summed E-state index contributed by atoms with van der Waals surface area (Å²) >= 11 is 12.6. The van der Waals surface area contributed by atoms with Gasteiger partial charge in [-0.05, 0) is 81.2 Å². The minimum Gasteiger partial charge on any atom is -0.481 e. The molecule has 0 unspecified atom stereocenters. The molecule has 2 aliphatic heterocycles. The Balaban J connectivity index is 1.32. The van der Waals surface area contributed by atoms with Crippen LogP contribution in [0.4, 0.5) is 5.82 Å². The van der Waals surface area contributed by atoms with E-state index < -0.39 is 5.97 Å². The third kappa shape index (κ3) is 8.07. The molecule has 4 heterocycles. The molecule has 0 saturated carbocycles. The Morgan fingerprint density at radius 1 is 0.976 bits per heavy atom. The van der Waals surface area contributed by atoms with Crippen molar-refractivity contribution in [2.45, 2.75) is 32.7 Å². The molecule has 0 aliphatic carbocycles. The molecule has 0 amide bonds. The van der Waals surface area contributed by atoms with E-state index in [2.05, 4.69) is 31.9 Å². The normalized spacial score (nSPS) is 17.9. The molecule has 218 valence electrons. The van der Waals surface area contributed by atoms with E-state index in [1.165, 1.54) is 0 Å². The summed E-state index contributed by atoms with van der Waals surface area (Å²) in [5.74, 6) is 1.03. The highest BCUT2D eigenvalue weighted by Gasteiger charge is 2.24. The zero-order valence-corrected chi connectivity index (χ0v) is 25.0. The first kappa shape index (κ1) is 29.5. The third-order valence-corrected chi connectivity index (χ3v) is 8.34. The maximum Gasteiger partial charge on any atom is 0.306 e. The molecule has 2 saturated heterocycles. The zero-order chi connectivity index (χ0) is 28.9. The van der Waals surface area contributed by atoms with E-state index in [1.807, 2.05) is 36.4 Å². The van der Waals surface area contributed by atoms with E-state index in [4.69, 9.17) is 32.9 Å². The number of aromatic nitrogens is 3. The number of carbonyl (C=O) groups is 1. The van der Waals surface area contributed by atoms with E-state index in [0.29, 0.717) is 33.4 Å². The molecule has 2 aromatic heterocycles. The summed E-state index contributed by atoms with van der Waals surface area (Å²) in [4.78, 5) is 22.9. The van der Waals surface area contributed by atoms with Gasteiger partial charge in [-0.15, -0.1) is 10.2 Å². The molecule has 11 heteroatoms. The standard InChI is InChI=1S/C30H36Cl2N6O3/c1-20(30(39)40)13-21-5-7-37(8-6-21)19-22-14-26(23-16-24(31)18-25(32)17-23)33-29(15-22)41-28-4-3-27(34-35-28)38-11-9-36(2)10-12-38/h3-4,14-18,20-21H,5-13,19H2,1-2H3,(H,39,40)/t20-/m1/s1. The van der Waals surface area contributed by atoms with Gasteiger partial charge >= 0.3 is 5.97 Å². The summed E-state index contributed by atoms with van der Waals surface area (Å²) in [5.41, 5.74) is 2.54. The quantitative estimate of drug-likeness (QED) is 0.332. The predicted octanol–water partition coefficient (Wildman–Crippen LogP) is 5.71. The van der Waals surface area contributed by atoms with Crippen molar-refractivity contribution in [3.8, 4) is 23.0 Å². The van der Waals surface area contributed by atoms with Crippen LogP contribution in [0, 0.1) is 11.8 Å². The van der Waals surface area contributed by atoms with E-state index in [-0.39, 0.29) is 5.92 Å². The summed E-state index contributed by atoms with van der Waals surface area (Å²) in [6, 6.07) is 13.1. The molecular weight excluding hydrogens is 563 g/mol. The van der Waals surface area contributed by atoms with Gasteiger partial charge in [0.25, 0.3) is 0 Å². The molecule has 2 aliphatic rings. The lowest BCUT2D eigenvalue weighted by molar-refractivity contribution is -0.141. The molecule has 0 radical (unpaired) electrons. The second-order valence-electron chi connectivity index (χ2n) is 11.2. The molecule has 0 spiro atoms. The second kappa shape index (κ2) is 13.3. The first-order valence-electron chi connectivity index (χ1n) is 14.1. The highest BCUT2D eigenvalue weighted by atomic mass is 35.5. The van der Waals surface area contributed by atoms with Gasteiger partial charge in [-0.2, -0.15) is 0 Å². The molecule has 2 fully saturated rings. The number of carboxylic acids is 1. The molecule has 9 nitrogen and oxygen atoms in total. The largest absolute Gasteiger partial charge is 0.481 e. The summed E-state index contributed by atoms with van der Waals surface area (Å²) < 4.78 is 6.12. The Morgan fingerprint density at radius 2 is 1.68 bits per heavy atom. The van der Waals surface area contributed by atoms with Gasteiger partial charge in [-0.3, -0.25) is 9.69 Å². The van der Waals surface area contributed by atoms with Gasteiger partial charge in [-0.1, -0.05) is 30.1 Å². The average Bonchev–Trinajstić information content (AvgIpc) is 2.94. The summed E-state index contributed by atoms with van der Waals surface area (Å²) in [6.07, 6.45) is 2.70. The van der Waals surface area contributed by atoms with Crippen molar-refractivity contribution in [2.75, 3.05) is 51.2 Å². The van der Waals surface area contributed by atoms with Crippen LogP contribution >= 0.6 is 23.2 Å². The Morgan fingerprint density at radius 3 is 2.32 bits per heavy atom. The number of piperidine rings is 1. The average molecular weight is 600 g/mol. The SMILES string of the molecule is C[C@H](CC1CCN(Cc2cc(Oc3ccc(N4CCN(C)CC4)nn3)nc(-c3cc(Cl)cc(Cl)c3)c2)CC1)C(=O)O. The maximum absolute atomic E-state index is 11.3. The summed E-state index contributed by atoms with van der Waals surface area (Å²) in [5, 5.41) is 19.1. The lowest BCUT2D eigenvalue weighted by atomic mass is 9.88. The summed E-state index contributed by atoms with van der Waals surface area (Å²) in [6.45, 7) is 8.14. The van der Waals surface area contributed by atoms with E-state index in [9.17, 15) is 9.90 Å². The van der Waals surface area contributed by atoms with Gasteiger partial charge in [-0.25, -0.2) is 4.98 Å².